The van der Waals surface area contributed by atoms with Crippen molar-refractivity contribution in [2.24, 2.45) is 5.92 Å². The van der Waals surface area contributed by atoms with Gasteiger partial charge in [0, 0.05) is 25.0 Å². The smallest absolute Gasteiger partial charge is 0.368 e. The van der Waals surface area contributed by atoms with Crippen LogP contribution < -0.4 is 10.6 Å². The van der Waals surface area contributed by atoms with Gasteiger partial charge in [0.25, 0.3) is 5.91 Å². The largest absolute Gasteiger partial charge is 0.419 e. The van der Waals surface area contributed by atoms with E-state index in [2.05, 4.69) is 39.7 Å². The Morgan fingerprint density at radius 2 is 2.08 bits per heavy atom. The van der Waals surface area contributed by atoms with Crippen LogP contribution in [-0.2, 0) is 12.6 Å². The van der Waals surface area contributed by atoms with Crippen molar-refractivity contribution in [3.63, 3.8) is 0 Å². The Morgan fingerprint density at radius 3 is 2.76 bits per heavy atom. The second kappa shape index (κ2) is 8.00. The van der Waals surface area contributed by atoms with Gasteiger partial charge < -0.3 is 10.6 Å². The van der Waals surface area contributed by atoms with Crippen LogP contribution in [0.4, 0.5) is 19.0 Å². The summed E-state index contributed by atoms with van der Waals surface area (Å²) in [5.74, 6) is -0.213. The molecule has 0 saturated carbocycles. The number of H-pyrrole nitrogens is 1. The molecule has 2 rings (SSSR count). The number of hydrogen-bond acceptors (Lipinski definition) is 4. The molecule has 2 aromatic heterocycles. The molecule has 0 aromatic carbocycles. The molecule has 3 N–H and O–H groups in total. The number of alkyl halides is 3. The van der Waals surface area contributed by atoms with Crippen LogP contribution in [0.3, 0.4) is 0 Å². The molecule has 0 aliphatic carbocycles. The minimum Gasteiger partial charge on any atom is -0.368 e. The monoisotopic (exact) mass is 355 g/mol. The molecule has 25 heavy (non-hydrogen) atoms. The topological polar surface area (TPSA) is 82.7 Å². The molecule has 0 fully saturated rings. The van der Waals surface area contributed by atoms with Crippen LogP contribution in [0.5, 0.6) is 0 Å². The number of aromatic amines is 1. The first kappa shape index (κ1) is 18.8. The van der Waals surface area contributed by atoms with E-state index in [-0.39, 0.29) is 30.5 Å². The van der Waals surface area contributed by atoms with Crippen molar-refractivity contribution >= 4 is 11.7 Å². The number of carbonyl (C=O) groups is 1. The summed E-state index contributed by atoms with van der Waals surface area (Å²) in [7, 11) is 0. The molecule has 0 saturated heterocycles. The maximum atomic E-state index is 12.8. The molecule has 0 atom stereocenters. The second-order valence-electron chi connectivity index (χ2n) is 5.96. The van der Waals surface area contributed by atoms with Gasteiger partial charge in [-0.15, -0.1) is 0 Å². The van der Waals surface area contributed by atoms with E-state index >= 15 is 0 Å². The lowest BCUT2D eigenvalue weighted by Crippen LogP contribution is -2.29. The van der Waals surface area contributed by atoms with Crippen molar-refractivity contribution in [1.82, 2.24) is 20.5 Å². The summed E-state index contributed by atoms with van der Waals surface area (Å²) in [6, 6.07) is 3.85. The van der Waals surface area contributed by atoms with Gasteiger partial charge in [-0.25, -0.2) is 4.98 Å². The molecule has 0 radical (unpaired) electrons. The molecule has 9 heteroatoms. The highest BCUT2D eigenvalue weighted by molar-refractivity contribution is 5.92. The van der Waals surface area contributed by atoms with Crippen LogP contribution in [0.15, 0.2) is 24.4 Å². The van der Waals surface area contributed by atoms with Gasteiger partial charge in [0.2, 0.25) is 0 Å². The molecule has 136 valence electrons. The number of carbonyl (C=O) groups excluding carboxylic acids is 1. The Bertz CT molecular complexity index is 712. The molecule has 0 spiro atoms. The third-order valence-corrected chi connectivity index (χ3v) is 3.31. The van der Waals surface area contributed by atoms with E-state index in [0.29, 0.717) is 5.92 Å². The summed E-state index contributed by atoms with van der Waals surface area (Å²) in [4.78, 5) is 15.7. The molecule has 0 unspecified atom stereocenters. The maximum Gasteiger partial charge on any atom is 0.419 e. The van der Waals surface area contributed by atoms with Crippen molar-refractivity contribution in [1.29, 1.82) is 0 Å². The summed E-state index contributed by atoms with van der Waals surface area (Å²) >= 11 is 0. The molecular formula is C16H20F3N5O. The van der Waals surface area contributed by atoms with Gasteiger partial charge in [-0.05, 0) is 30.5 Å². The lowest BCUT2D eigenvalue weighted by atomic mass is 10.1. The van der Waals surface area contributed by atoms with Crippen molar-refractivity contribution < 1.29 is 18.0 Å². The van der Waals surface area contributed by atoms with Gasteiger partial charge in [0.1, 0.15) is 11.5 Å². The zero-order valence-corrected chi connectivity index (χ0v) is 13.9. The van der Waals surface area contributed by atoms with E-state index in [1.54, 1.807) is 6.07 Å². The van der Waals surface area contributed by atoms with Crippen molar-refractivity contribution in [2.45, 2.75) is 26.4 Å². The Balaban J connectivity index is 1.83. The van der Waals surface area contributed by atoms with Crippen molar-refractivity contribution in [3.05, 3.63) is 41.3 Å². The highest BCUT2D eigenvalue weighted by Gasteiger charge is 2.33. The van der Waals surface area contributed by atoms with Crippen LogP contribution in [-0.4, -0.2) is 34.2 Å². The van der Waals surface area contributed by atoms with Crippen LogP contribution in [0.2, 0.25) is 0 Å². The Labute approximate surface area is 143 Å². The standard InChI is InChI=1S/C16H20F3N5O/c1-10(2)8-11-9-13(24-23-11)15(25)22-7-6-21-14-12(16(17,18)19)4-3-5-20-14/h3-5,9-10H,6-8H2,1-2H3,(H,20,21)(H,22,25)(H,23,24). The Hall–Kier alpha value is -2.58. The van der Waals surface area contributed by atoms with Gasteiger partial charge in [0.05, 0.1) is 5.56 Å². The number of amides is 1. The summed E-state index contributed by atoms with van der Waals surface area (Å²) in [6.45, 7) is 4.35. The number of anilines is 1. The maximum absolute atomic E-state index is 12.8. The van der Waals surface area contributed by atoms with Crippen LogP contribution in [0.25, 0.3) is 0 Å². The minimum absolute atomic E-state index is 0.106. The third kappa shape index (κ3) is 5.47. The Morgan fingerprint density at radius 1 is 1.32 bits per heavy atom. The van der Waals surface area contributed by atoms with Gasteiger partial charge in [-0.3, -0.25) is 9.89 Å². The van der Waals surface area contributed by atoms with Gasteiger partial charge >= 0.3 is 6.18 Å². The van der Waals surface area contributed by atoms with E-state index in [4.69, 9.17) is 0 Å². The molecule has 2 heterocycles. The van der Waals surface area contributed by atoms with Crippen molar-refractivity contribution in [2.75, 3.05) is 18.4 Å². The molecule has 0 aliphatic rings. The zero-order chi connectivity index (χ0) is 18.4. The quantitative estimate of drug-likeness (QED) is 0.667. The molecule has 0 bridgehead atoms. The molecule has 2 aromatic rings. The molecular weight excluding hydrogens is 335 g/mol. The highest BCUT2D eigenvalue weighted by atomic mass is 19.4. The van der Waals surface area contributed by atoms with Crippen LogP contribution >= 0.6 is 0 Å². The number of nitrogens with zero attached hydrogens (tertiary/aromatic N) is 2. The summed E-state index contributed by atoms with van der Waals surface area (Å²) in [6.07, 6.45) is -2.43. The Kier molecular flexibility index (Phi) is 6.00. The second-order valence-corrected chi connectivity index (χ2v) is 5.96. The number of pyridine rings is 1. The predicted octanol–water partition coefficient (Wildman–Crippen LogP) is 2.86. The zero-order valence-electron chi connectivity index (χ0n) is 13.9. The third-order valence-electron chi connectivity index (χ3n) is 3.31. The van der Waals surface area contributed by atoms with E-state index < -0.39 is 11.7 Å². The van der Waals surface area contributed by atoms with Gasteiger partial charge in [0.15, 0.2) is 0 Å². The first-order chi connectivity index (χ1) is 11.8. The number of halogens is 3. The first-order valence-corrected chi connectivity index (χ1v) is 7.86. The fourth-order valence-electron chi connectivity index (χ4n) is 2.24. The van der Waals surface area contributed by atoms with Crippen LogP contribution in [0.1, 0.15) is 35.6 Å². The van der Waals surface area contributed by atoms with Gasteiger partial charge in [-0.2, -0.15) is 18.3 Å². The molecule has 1 amide bonds. The lowest BCUT2D eigenvalue weighted by molar-refractivity contribution is -0.137. The van der Waals surface area contributed by atoms with E-state index in [1.165, 1.54) is 12.3 Å². The van der Waals surface area contributed by atoms with E-state index in [9.17, 15) is 18.0 Å². The summed E-state index contributed by atoms with van der Waals surface area (Å²) in [5.41, 5.74) is 0.276. The average Bonchev–Trinajstić information content (AvgIpc) is 2.98. The molecule has 6 nitrogen and oxygen atoms in total. The fourth-order valence-corrected chi connectivity index (χ4v) is 2.24. The number of hydrogen-bond donors (Lipinski definition) is 3. The number of rotatable bonds is 7. The molecule has 0 aliphatic heterocycles. The number of nitrogens with one attached hydrogen (secondary N) is 3. The first-order valence-electron chi connectivity index (χ1n) is 7.86. The van der Waals surface area contributed by atoms with Crippen molar-refractivity contribution in [3.8, 4) is 0 Å². The fraction of sp³-hybridized carbons (Fsp3) is 0.438. The SMILES string of the molecule is CC(C)Cc1cc(C(=O)NCCNc2ncccc2C(F)(F)F)n[nH]1. The van der Waals surface area contributed by atoms with Gasteiger partial charge in [-0.1, -0.05) is 13.8 Å². The number of aromatic nitrogens is 3. The minimum atomic E-state index is -4.48. The predicted molar refractivity (Wildman–Crippen MR) is 87.2 cm³/mol. The average molecular weight is 355 g/mol. The normalized spacial score (nSPS) is 11.6. The summed E-state index contributed by atoms with van der Waals surface area (Å²) < 4.78 is 38.5. The van der Waals surface area contributed by atoms with E-state index in [1.807, 2.05) is 0 Å². The van der Waals surface area contributed by atoms with Crippen LogP contribution in [0, 0.1) is 5.92 Å². The highest BCUT2D eigenvalue weighted by Crippen LogP contribution is 2.33. The van der Waals surface area contributed by atoms with E-state index in [0.717, 1.165) is 18.2 Å². The summed E-state index contributed by atoms with van der Waals surface area (Å²) in [5, 5.41) is 11.9. The lowest BCUT2D eigenvalue weighted by Gasteiger charge is -2.13.